The van der Waals surface area contributed by atoms with Crippen molar-refractivity contribution in [3.63, 3.8) is 0 Å². The van der Waals surface area contributed by atoms with E-state index in [9.17, 15) is 9.59 Å². The molecule has 3 aromatic heterocycles. The number of carbonyl (C=O) groups is 2. The fourth-order valence-corrected chi connectivity index (χ4v) is 5.27. The predicted molar refractivity (Wildman–Crippen MR) is 166 cm³/mol. The van der Waals surface area contributed by atoms with E-state index in [1.54, 1.807) is 25.2 Å². The molecule has 2 aliphatic rings. The highest BCUT2D eigenvalue weighted by molar-refractivity contribution is 6.16. The summed E-state index contributed by atoms with van der Waals surface area (Å²) in [5.74, 6) is 0.860. The molecule has 2 aromatic carbocycles. The quantitative estimate of drug-likeness (QED) is 0.288. The van der Waals surface area contributed by atoms with Gasteiger partial charge in [0.05, 0.1) is 55.0 Å². The van der Waals surface area contributed by atoms with E-state index in [0.717, 1.165) is 41.3 Å². The van der Waals surface area contributed by atoms with E-state index >= 15 is 0 Å². The van der Waals surface area contributed by atoms with E-state index < -0.39 is 0 Å². The van der Waals surface area contributed by atoms with E-state index in [-0.39, 0.29) is 11.8 Å². The molecule has 5 aromatic rings. The van der Waals surface area contributed by atoms with Gasteiger partial charge in [0.1, 0.15) is 0 Å². The van der Waals surface area contributed by atoms with Gasteiger partial charge in [-0.15, -0.1) is 11.6 Å². The summed E-state index contributed by atoms with van der Waals surface area (Å²) in [5, 5.41) is 0. The van der Waals surface area contributed by atoms with Crippen LogP contribution in [0.2, 0.25) is 0 Å². The highest BCUT2D eigenvalue weighted by Crippen LogP contribution is 2.29. The molecule has 0 fully saturated rings. The van der Waals surface area contributed by atoms with Gasteiger partial charge in [0.15, 0.2) is 0 Å². The molecule has 0 aliphatic carbocycles. The lowest BCUT2D eigenvalue weighted by molar-refractivity contribution is -0.119. The van der Waals surface area contributed by atoms with Crippen molar-refractivity contribution >= 4 is 34.8 Å². The highest BCUT2D eigenvalue weighted by atomic mass is 35.5. The van der Waals surface area contributed by atoms with E-state index in [1.807, 2.05) is 81.8 Å². The maximum absolute atomic E-state index is 12.1. The number of aromatic nitrogens is 6. The van der Waals surface area contributed by atoms with E-state index in [4.69, 9.17) is 11.6 Å². The van der Waals surface area contributed by atoms with Crippen LogP contribution in [0.25, 0.3) is 0 Å². The van der Waals surface area contributed by atoms with Crippen molar-refractivity contribution in [3.8, 4) is 0 Å². The Hall–Kier alpha value is -4.70. The van der Waals surface area contributed by atoms with Gasteiger partial charge in [-0.2, -0.15) is 0 Å². The van der Waals surface area contributed by atoms with E-state index in [1.165, 1.54) is 11.1 Å². The van der Waals surface area contributed by atoms with Crippen LogP contribution < -0.4 is 9.80 Å². The lowest BCUT2D eigenvalue weighted by Gasteiger charge is -2.28. The Bertz CT molecular complexity index is 1660. The van der Waals surface area contributed by atoms with Gasteiger partial charge in [0.2, 0.25) is 11.8 Å². The van der Waals surface area contributed by atoms with Gasteiger partial charge in [-0.1, -0.05) is 36.4 Å². The number of anilines is 2. The summed E-state index contributed by atoms with van der Waals surface area (Å²) >= 11 is 5.46. The molecule has 0 unspecified atom stereocenters. The van der Waals surface area contributed by atoms with Crippen molar-refractivity contribution in [1.29, 1.82) is 0 Å². The van der Waals surface area contributed by atoms with Crippen LogP contribution in [0.5, 0.6) is 0 Å². The molecule has 0 saturated carbocycles. The van der Waals surface area contributed by atoms with Crippen LogP contribution in [0.3, 0.4) is 0 Å². The Morgan fingerprint density at radius 2 is 1.28 bits per heavy atom. The number of alkyl halides is 1. The first-order chi connectivity index (χ1) is 20.9. The minimum absolute atomic E-state index is 0.179. The van der Waals surface area contributed by atoms with Crippen molar-refractivity contribution in [3.05, 3.63) is 114 Å². The first-order valence-corrected chi connectivity index (χ1v) is 14.7. The Labute approximate surface area is 256 Å². The molecule has 0 atom stereocenters. The first kappa shape index (κ1) is 29.8. The fourth-order valence-electron chi connectivity index (χ4n) is 5.13. The number of aryl methyl sites for hydroxylation is 4. The fraction of sp³-hybridized carbons (Fsp3) is 0.281. The summed E-state index contributed by atoms with van der Waals surface area (Å²) in [4.78, 5) is 43.0. The van der Waals surface area contributed by atoms with Gasteiger partial charge < -0.3 is 23.9 Å². The third-order valence-corrected chi connectivity index (χ3v) is 7.51. The molecule has 0 spiro atoms. The minimum Gasteiger partial charge on any atom is -0.347 e. The van der Waals surface area contributed by atoms with Gasteiger partial charge in [-0.25, -0.2) is 15.0 Å². The largest absolute Gasteiger partial charge is 0.347 e. The van der Waals surface area contributed by atoms with Crippen molar-refractivity contribution in [2.75, 3.05) is 9.80 Å². The van der Waals surface area contributed by atoms with Crippen LogP contribution in [0.15, 0.2) is 86.1 Å². The smallest absolute Gasteiger partial charge is 0.227 e. The number of nitrogens with zero attached hydrogens (tertiary/aromatic N) is 7. The summed E-state index contributed by atoms with van der Waals surface area (Å²) < 4.78 is 3.77. The normalized spacial score (nSPS) is 13.8. The SMILES string of the molecule is Cn1cnc(CCl)c1.Cn1cnc(CN2C(=O)CCc3ccccc32)c1.O=C1CCc2ccccc2N1Cc1cnc[nH]1. The summed E-state index contributed by atoms with van der Waals surface area (Å²) in [6.07, 6.45) is 13.6. The maximum Gasteiger partial charge on any atom is 0.227 e. The van der Waals surface area contributed by atoms with Gasteiger partial charge in [-0.3, -0.25) is 9.59 Å². The highest BCUT2D eigenvalue weighted by Gasteiger charge is 2.25. The molecule has 10 nitrogen and oxygen atoms in total. The van der Waals surface area contributed by atoms with Crippen molar-refractivity contribution in [1.82, 2.24) is 29.1 Å². The van der Waals surface area contributed by atoms with Crippen molar-refractivity contribution in [2.24, 2.45) is 14.1 Å². The second-order valence-electron chi connectivity index (χ2n) is 10.5. The Morgan fingerprint density at radius 1 is 0.744 bits per heavy atom. The number of halogens is 1. The molecule has 7 rings (SSSR count). The topological polar surface area (TPSA) is 105 Å². The number of amides is 2. The zero-order valence-electron chi connectivity index (χ0n) is 24.4. The molecule has 222 valence electrons. The molecule has 2 aliphatic heterocycles. The number of aromatic amines is 1. The van der Waals surface area contributed by atoms with Crippen molar-refractivity contribution in [2.45, 2.75) is 44.7 Å². The number of fused-ring (bicyclic) bond motifs is 2. The zero-order chi connectivity index (χ0) is 30.2. The lowest BCUT2D eigenvalue weighted by Crippen LogP contribution is -2.34. The molecular weight excluding hydrogens is 564 g/mol. The standard InChI is InChI=1S/C14H15N3O.C13H13N3O.C5H7ClN2/c1-16-8-12(15-10-16)9-17-13-5-3-2-4-11(13)6-7-14(17)18;17-13-6-5-10-3-1-2-4-12(10)16(13)8-11-7-14-9-15-11;1-8-3-5(2-6)7-4-8/h2-5,8,10H,6-7,9H2,1H3;1-4,7,9H,5-6,8H2,(H,14,15);3-4H,2H2,1H3. The van der Waals surface area contributed by atoms with Gasteiger partial charge >= 0.3 is 0 Å². The molecule has 43 heavy (non-hydrogen) atoms. The third kappa shape index (κ3) is 7.58. The number of hydrogen-bond donors (Lipinski definition) is 1. The van der Waals surface area contributed by atoms with Crippen LogP contribution >= 0.6 is 11.6 Å². The molecular formula is C32H35ClN8O2. The first-order valence-electron chi connectivity index (χ1n) is 14.1. The second-order valence-corrected chi connectivity index (χ2v) is 10.8. The molecule has 11 heteroatoms. The van der Waals surface area contributed by atoms with Crippen LogP contribution in [0, 0.1) is 0 Å². The number of benzene rings is 2. The predicted octanol–water partition coefficient (Wildman–Crippen LogP) is 4.95. The van der Waals surface area contributed by atoms with Gasteiger partial charge in [-0.05, 0) is 36.1 Å². The maximum atomic E-state index is 12.1. The second kappa shape index (κ2) is 14.0. The Balaban J connectivity index is 0.000000138. The van der Waals surface area contributed by atoms with Crippen molar-refractivity contribution < 1.29 is 9.59 Å². The molecule has 5 heterocycles. The third-order valence-electron chi connectivity index (χ3n) is 7.24. The van der Waals surface area contributed by atoms with E-state index in [2.05, 4.69) is 32.1 Å². The summed E-state index contributed by atoms with van der Waals surface area (Å²) in [6.45, 7) is 1.12. The number of imidazole rings is 3. The minimum atomic E-state index is 0.179. The average Bonchev–Trinajstić information content (AvgIpc) is 3.80. The van der Waals surface area contributed by atoms with Crippen LogP contribution in [0.4, 0.5) is 11.4 Å². The van der Waals surface area contributed by atoms with Crippen LogP contribution in [0.1, 0.15) is 41.1 Å². The van der Waals surface area contributed by atoms with Gasteiger partial charge in [0.25, 0.3) is 0 Å². The number of para-hydroxylation sites is 2. The molecule has 1 N–H and O–H groups in total. The molecule has 0 bridgehead atoms. The summed E-state index contributed by atoms with van der Waals surface area (Å²) in [7, 11) is 3.85. The van der Waals surface area contributed by atoms with Crippen LogP contribution in [-0.2, 0) is 55.5 Å². The Kier molecular flexibility index (Phi) is 9.68. The number of nitrogens with one attached hydrogen (secondary N) is 1. The molecule has 2 amide bonds. The zero-order valence-corrected chi connectivity index (χ0v) is 25.1. The number of carbonyl (C=O) groups excluding carboxylic acids is 2. The molecule has 0 saturated heterocycles. The number of H-pyrrole nitrogens is 1. The monoisotopic (exact) mass is 598 g/mol. The summed E-state index contributed by atoms with van der Waals surface area (Å²) in [6, 6.07) is 16.2. The summed E-state index contributed by atoms with van der Waals surface area (Å²) in [5.41, 5.74) is 7.34. The molecule has 0 radical (unpaired) electrons. The van der Waals surface area contributed by atoms with Gasteiger partial charge in [0, 0.05) is 56.9 Å². The van der Waals surface area contributed by atoms with Crippen LogP contribution in [-0.4, -0.2) is 40.9 Å². The average molecular weight is 599 g/mol. The number of hydrogen-bond acceptors (Lipinski definition) is 5. The number of rotatable bonds is 5. The Morgan fingerprint density at radius 3 is 1.74 bits per heavy atom. The lowest BCUT2D eigenvalue weighted by atomic mass is 10.0. The van der Waals surface area contributed by atoms with E-state index in [0.29, 0.717) is 31.8 Å².